The average molecular weight is 342 g/mol. The van der Waals surface area contributed by atoms with Crippen LogP contribution in [-0.2, 0) is 6.18 Å². The number of nitrogen functional groups attached to an aromatic ring is 1. The minimum Gasteiger partial charge on any atom is -0.397 e. The fourth-order valence-electron chi connectivity index (χ4n) is 2.36. The Kier molecular flexibility index (Phi) is 4.22. The Morgan fingerprint density at radius 2 is 1.84 bits per heavy atom. The summed E-state index contributed by atoms with van der Waals surface area (Å²) in [4.78, 5) is 8.21. The summed E-state index contributed by atoms with van der Waals surface area (Å²) in [5, 5.41) is 8.28. The van der Waals surface area contributed by atoms with Crippen LogP contribution in [-0.4, -0.2) is 15.7 Å². The zero-order valence-corrected chi connectivity index (χ0v) is 12.9. The minimum atomic E-state index is -4.47. The summed E-state index contributed by atoms with van der Waals surface area (Å²) in [6.07, 6.45) is 0.142. The lowest BCUT2D eigenvalue weighted by molar-refractivity contribution is -0.137. The third-order valence-electron chi connectivity index (χ3n) is 3.64. The standard InChI is InChI=1S/C18H13F3N4/c19-18(20,21)13-5-1-3-11(7-13)17(23)14-8-16(25-10-15(14)22)12-4-2-6-24-9-12/h1-10,23H,22H2. The summed E-state index contributed by atoms with van der Waals surface area (Å²) < 4.78 is 38.7. The van der Waals surface area contributed by atoms with Crippen LogP contribution < -0.4 is 5.73 Å². The maximum absolute atomic E-state index is 12.9. The molecular formula is C18H13F3N4. The summed E-state index contributed by atoms with van der Waals surface area (Å²) in [6.45, 7) is 0. The Morgan fingerprint density at radius 1 is 1.04 bits per heavy atom. The molecule has 4 nitrogen and oxygen atoms in total. The molecule has 25 heavy (non-hydrogen) atoms. The molecule has 0 saturated heterocycles. The molecule has 0 radical (unpaired) electrons. The lowest BCUT2D eigenvalue weighted by atomic mass is 9.98. The van der Waals surface area contributed by atoms with E-state index in [4.69, 9.17) is 11.1 Å². The summed E-state index contributed by atoms with van der Waals surface area (Å²) in [5.74, 6) is 0. The smallest absolute Gasteiger partial charge is 0.397 e. The van der Waals surface area contributed by atoms with Gasteiger partial charge in [-0.3, -0.25) is 15.4 Å². The summed E-state index contributed by atoms with van der Waals surface area (Å²) >= 11 is 0. The SMILES string of the molecule is N=C(c1cccc(C(F)(F)F)c1)c1cc(-c2cccnc2)ncc1N. The van der Waals surface area contributed by atoms with Crippen molar-refractivity contribution >= 4 is 11.4 Å². The number of nitrogens with two attached hydrogens (primary N) is 1. The number of nitrogens with zero attached hydrogens (tertiary/aromatic N) is 2. The van der Waals surface area contributed by atoms with E-state index in [1.165, 1.54) is 18.3 Å². The van der Waals surface area contributed by atoms with Crippen LogP contribution in [0.1, 0.15) is 16.7 Å². The van der Waals surface area contributed by atoms with Gasteiger partial charge in [0.1, 0.15) is 0 Å². The highest BCUT2D eigenvalue weighted by Crippen LogP contribution is 2.30. The van der Waals surface area contributed by atoms with Crippen LogP contribution in [0.2, 0.25) is 0 Å². The average Bonchev–Trinajstić information content (AvgIpc) is 2.62. The number of aromatic nitrogens is 2. The fraction of sp³-hybridized carbons (Fsp3) is 0.0556. The molecule has 0 fully saturated rings. The van der Waals surface area contributed by atoms with Crippen molar-refractivity contribution in [3.05, 3.63) is 77.7 Å². The van der Waals surface area contributed by atoms with Gasteiger partial charge in [0.15, 0.2) is 0 Å². The Labute approximate surface area is 141 Å². The van der Waals surface area contributed by atoms with E-state index in [1.54, 1.807) is 30.6 Å². The van der Waals surface area contributed by atoms with Gasteiger partial charge in [0, 0.05) is 29.1 Å². The van der Waals surface area contributed by atoms with Gasteiger partial charge in [-0.1, -0.05) is 12.1 Å². The van der Waals surface area contributed by atoms with Crippen LogP contribution >= 0.6 is 0 Å². The van der Waals surface area contributed by atoms with Crippen molar-refractivity contribution < 1.29 is 13.2 Å². The summed E-state index contributed by atoms with van der Waals surface area (Å²) in [5.41, 5.74) is 6.90. The quantitative estimate of drug-likeness (QED) is 0.702. The number of hydrogen-bond acceptors (Lipinski definition) is 4. The molecule has 0 aliphatic heterocycles. The van der Waals surface area contributed by atoms with E-state index in [2.05, 4.69) is 9.97 Å². The first-order chi connectivity index (χ1) is 11.9. The van der Waals surface area contributed by atoms with Gasteiger partial charge in [-0.05, 0) is 30.3 Å². The Bertz CT molecular complexity index is 921. The van der Waals surface area contributed by atoms with E-state index in [0.29, 0.717) is 11.3 Å². The van der Waals surface area contributed by atoms with Crippen LogP contribution in [0, 0.1) is 5.41 Å². The number of rotatable bonds is 3. The van der Waals surface area contributed by atoms with E-state index in [0.717, 1.165) is 17.7 Å². The van der Waals surface area contributed by atoms with Crippen LogP contribution in [0.15, 0.2) is 61.1 Å². The van der Waals surface area contributed by atoms with Crippen molar-refractivity contribution in [1.29, 1.82) is 5.41 Å². The molecule has 0 aliphatic rings. The van der Waals surface area contributed by atoms with Crippen LogP contribution in [0.25, 0.3) is 11.3 Å². The molecule has 3 aromatic rings. The fourth-order valence-corrected chi connectivity index (χ4v) is 2.36. The number of anilines is 1. The molecule has 0 bridgehead atoms. The van der Waals surface area contributed by atoms with Crippen molar-refractivity contribution in [2.45, 2.75) is 6.18 Å². The molecule has 1 aromatic carbocycles. The highest BCUT2D eigenvalue weighted by atomic mass is 19.4. The lowest BCUT2D eigenvalue weighted by Crippen LogP contribution is -2.10. The second kappa shape index (κ2) is 6.35. The van der Waals surface area contributed by atoms with Gasteiger partial charge < -0.3 is 5.73 Å². The molecule has 3 rings (SSSR count). The highest BCUT2D eigenvalue weighted by molar-refractivity contribution is 6.14. The third-order valence-corrected chi connectivity index (χ3v) is 3.64. The topological polar surface area (TPSA) is 75.7 Å². The summed E-state index contributed by atoms with van der Waals surface area (Å²) in [7, 11) is 0. The first-order valence-electron chi connectivity index (χ1n) is 7.29. The van der Waals surface area contributed by atoms with Crippen molar-refractivity contribution in [3.63, 3.8) is 0 Å². The maximum Gasteiger partial charge on any atom is 0.416 e. The van der Waals surface area contributed by atoms with Gasteiger partial charge in [-0.25, -0.2) is 0 Å². The molecule has 126 valence electrons. The predicted octanol–water partition coefficient (Wildman–Crippen LogP) is 4.16. The molecule has 2 heterocycles. The van der Waals surface area contributed by atoms with E-state index in [-0.39, 0.29) is 17.0 Å². The van der Waals surface area contributed by atoms with E-state index < -0.39 is 11.7 Å². The number of hydrogen-bond donors (Lipinski definition) is 2. The highest BCUT2D eigenvalue weighted by Gasteiger charge is 2.30. The van der Waals surface area contributed by atoms with Crippen molar-refractivity contribution in [2.75, 3.05) is 5.73 Å². The molecule has 3 N–H and O–H groups in total. The van der Waals surface area contributed by atoms with Gasteiger partial charge in [0.2, 0.25) is 0 Å². The first-order valence-corrected chi connectivity index (χ1v) is 7.29. The van der Waals surface area contributed by atoms with Gasteiger partial charge in [-0.2, -0.15) is 13.2 Å². The molecule has 0 unspecified atom stereocenters. The number of nitrogens with one attached hydrogen (secondary N) is 1. The monoisotopic (exact) mass is 342 g/mol. The third kappa shape index (κ3) is 3.50. The maximum atomic E-state index is 12.9. The molecule has 7 heteroatoms. The molecule has 0 spiro atoms. The normalized spacial score (nSPS) is 11.3. The van der Waals surface area contributed by atoms with Gasteiger partial charge in [-0.15, -0.1) is 0 Å². The molecule has 0 amide bonds. The van der Waals surface area contributed by atoms with E-state index >= 15 is 0 Å². The van der Waals surface area contributed by atoms with Crippen molar-refractivity contribution in [2.24, 2.45) is 0 Å². The van der Waals surface area contributed by atoms with Crippen LogP contribution in [0.3, 0.4) is 0 Å². The largest absolute Gasteiger partial charge is 0.416 e. The van der Waals surface area contributed by atoms with Gasteiger partial charge >= 0.3 is 6.18 Å². The number of halogens is 3. The van der Waals surface area contributed by atoms with E-state index in [9.17, 15) is 13.2 Å². The second-order valence-corrected chi connectivity index (χ2v) is 5.35. The van der Waals surface area contributed by atoms with Crippen LogP contribution in [0.5, 0.6) is 0 Å². The number of benzene rings is 1. The predicted molar refractivity (Wildman–Crippen MR) is 89.3 cm³/mol. The zero-order valence-electron chi connectivity index (χ0n) is 12.9. The van der Waals surface area contributed by atoms with Crippen LogP contribution in [0.4, 0.5) is 18.9 Å². The Hall–Kier alpha value is -3.22. The summed E-state index contributed by atoms with van der Waals surface area (Å²) in [6, 6.07) is 9.73. The lowest BCUT2D eigenvalue weighted by Gasteiger charge is -2.12. The molecule has 0 aliphatic carbocycles. The number of alkyl halides is 3. The van der Waals surface area contributed by atoms with E-state index in [1.807, 2.05) is 0 Å². The van der Waals surface area contributed by atoms with Crippen molar-refractivity contribution in [1.82, 2.24) is 9.97 Å². The Balaban J connectivity index is 2.03. The molecular weight excluding hydrogens is 329 g/mol. The van der Waals surface area contributed by atoms with Gasteiger partial charge in [0.25, 0.3) is 0 Å². The second-order valence-electron chi connectivity index (χ2n) is 5.35. The van der Waals surface area contributed by atoms with Crippen molar-refractivity contribution in [3.8, 4) is 11.3 Å². The number of pyridine rings is 2. The minimum absolute atomic E-state index is 0.101. The van der Waals surface area contributed by atoms with Gasteiger partial charge in [0.05, 0.1) is 28.9 Å². The molecule has 0 saturated carbocycles. The molecule has 2 aromatic heterocycles. The zero-order chi connectivity index (χ0) is 18.0. The first kappa shape index (κ1) is 16.6. The Morgan fingerprint density at radius 3 is 2.52 bits per heavy atom. The molecule has 0 atom stereocenters.